The minimum Gasteiger partial charge on any atom is -0.482 e. The highest BCUT2D eigenvalue weighted by Gasteiger charge is 2.84. The van der Waals surface area contributed by atoms with Crippen molar-refractivity contribution in [2.45, 2.75) is 160 Å². The van der Waals surface area contributed by atoms with Gasteiger partial charge in [0.05, 0.1) is 47.8 Å². The smallest absolute Gasteiger partial charge is 0.333 e. The monoisotopic (exact) mass is 923 g/mol. The molecule has 1 spiro atoms. The number of methoxy groups -OCH3 is 1. The quantitative estimate of drug-likeness (QED) is 0.131. The van der Waals surface area contributed by atoms with Gasteiger partial charge in [-0.2, -0.15) is 5.26 Å². The molecule has 10 rings (SSSR count). The van der Waals surface area contributed by atoms with Gasteiger partial charge in [-0.15, -0.1) is 0 Å². The Morgan fingerprint density at radius 2 is 1.75 bits per heavy atom. The van der Waals surface area contributed by atoms with E-state index < -0.39 is 82.6 Å². The average molecular weight is 924 g/mol. The van der Waals surface area contributed by atoms with Gasteiger partial charge in [-0.1, -0.05) is 29.4 Å². The number of Topliss-reactive ketones (excluding diaryl/α,β-unsaturated/α-hetero) is 1. The molecule has 6 aliphatic heterocycles. The fraction of sp³-hybridized carbons (Fsp3) is 0.596. The van der Waals surface area contributed by atoms with Crippen LogP contribution in [0.2, 0.25) is 0 Å². The molecule has 360 valence electrons. The third-order valence-corrected chi connectivity index (χ3v) is 15.3. The van der Waals surface area contributed by atoms with Crippen LogP contribution in [0.3, 0.4) is 0 Å². The number of carbonyl (C=O) groups is 2. The second-order valence-corrected chi connectivity index (χ2v) is 21.2. The summed E-state index contributed by atoms with van der Waals surface area (Å²) in [4.78, 5) is 30.3. The lowest BCUT2D eigenvalue weighted by molar-refractivity contribution is -0.373. The van der Waals surface area contributed by atoms with Crippen LogP contribution in [0.1, 0.15) is 112 Å². The van der Waals surface area contributed by atoms with Crippen LogP contribution in [0.4, 0.5) is 0 Å². The van der Waals surface area contributed by atoms with Crippen LogP contribution in [0, 0.1) is 29.1 Å². The third-order valence-electron chi connectivity index (χ3n) is 15.3. The summed E-state index contributed by atoms with van der Waals surface area (Å²) in [5, 5.41) is 34.5. The zero-order valence-electron chi connectivity index (χ0n) is 40.7. The van der Waals surface area contributed by atoms with E-state index in [9.17, 15) is 20.3 Å². The largest absolute Gasteiger partial charge is 0.482 e. The number of benzene rings is 1. The maximum Gasteiger partial charge on any atom is 0.333 e. The number of nitrogens with zero attached hydrogens (tertiary/aromatic N) is 2. The first-order valence-electron chi connectivity index (χ1n) is 23.4. The summed E-state index contributed by atoms with van der Waals surface area (Å²) in [6, 6.07) is 2.38. The molecule has 4 bridgehead atoms. The first kappa shape index (κ1) is 47.1. The zero-order chi connectivity index (χ0) is 48.5. The normalized spacial score (nSPS) is 35.9. The Morgan fingerprint density at radius 1 is 1.03 bits per heavy atom. The number of carbonyl (C=O) groups excluding carboxylic acids is 2. The highest BCUT2D eigenvalue weighted by atomic mass is 16.8. The van der Waals surface area contributed by atoms with E-state index in [0.29, 0.717) is 64.3 Å². The van der Waals surface area contributed by atoms with Crippen LogP contribution < -0.4 is 19.9 Å². The van der Waals surface area contributed by atoms with Gasteiger partial charge in [0.25, 0.3) is 0 Å². The highest BCUT2D eigenvalue weighted by molar-refractivity contribution is 6.02. The van der Waals surface area contributed by atoms with Gasteiger partial charge in [-0.25, -0.2) is 4.79 Å². The summed E-state index contributed by atoms with van der Waals surface area (Å²) in [5.74, 6) is -2.58. The van der Waals surface area contributed by atoms with Crippen LogP contribution in [-0.4, -0.2) is 107 Å². The van der Waals surface area contributed by atoms with E-state index in [1.54, 1.807) is 38.8 Å². The van der Waals surface area contributed by atoms with E-state index in [1.807, 2.05) is 46.8 Å². The molecular formula is C52H65N3O12. The minimum atomic E-state index is -1.68. The average Bonchev–Trinajstić information content (AvgIpc) is 3.41. The molecular weight excluding hydrogens is 859 g/mol. The van der Waals surface area contributed by atoms with Crippen molar-refractivity contribution in [3.05, 3.63) is 74.7 Å². The number of hydrogen-bond acceptors (Lipinski definition) is 15. The number of allylic oxidation sites excluding steroid dienone is 5. The summed E-state index contributed by atoms with van der Waals surface area (Å²) in [5.41, 5.74) is 7.72. The highest BCUT2D eigenvalue weighted by Crippen LogP contribution is 2.74. The van der Waals surface area contributed by atoms with Crippen molar-refractivity contribution in [2.24, 2.45) is 23.5 Å². The number of ketones is 1. The molecule has 6 unspecified atom stereocenters. The molecule has 0 radical (unpaired) electrons. The van der Waals surface area contributed by atoms with Crippen molar-refractivity contribution >= 4 is 23.5 Å². The molecule has 15 nitrogen and oxygen atoms in total. The van der Waals surface area contributed by atoms with Gasteiger partial charge in [0.15, 0.2) is 22.8 Å². The molecule has 1 aromatic carbocycles. The zero-order valence-corrected chi connectivity index (χ0v) is 40.7. The van der Waals surface area contributed by atoms with E-state index in [4.69, 9.17) is 43.6 Å². The van der Waals surface area contributed by atoms with E-state index >= 15 is 4.79 Å². The van der Waals surface area contributed by atoms with Crippen LogP contribution in [0.25, 0.3) is 11.8 Å². The molecule has 4 N–H and O–H groups in total. The van der Waals surface area contributed by atoms with Crippen molar-refractivity contribution in [2.75, 3.05) is 20.8 Å². The Morgan fingerprint density at radius 3 is 2.42 bits per heavy atom. The van der Waals surface area contributed by atoms with Gasteiger partial charge in [-0.05, 0) is 107 Å². The molecule has 6 fully saturated rings. The van der Waals surface area contributed by atoms with E-state index in [2.05, 4.69) is 32.1 Å². The second-order valence-electron chi connectivity index (χ2n) is 21.2. The van der Waals surface area contributed by atoms with E-state index in [-0.39, 0.29) is 36.0 Å². The molecule has 9 aliphatic rings. The van der Waals surface area contributed by atoms with E-state index in [1.165, 1.54) is 12.7 Å². The Kier molecular flexibility index (Phi) is 11.3. The number of hydrogen-bond donors (Lipinski definition) is 3. The Balaban J connectivity index is 1.35. The lowest BCUT2D eigenvalue weighted by Crippen LogP contribution is -2.75. The molecule has 0 aromatic heterocycles. The van der Waals surface area contributed by atoms with Gasteiger partial charge in [0.2, 0.25) is 6.29 Å². The fourth-order valence-corrected chi connectivity index (χ4v) is 12.1. The number of rotatable bonds is 10. The molecule has 3 saturated heterocycles. The lowest BCUT2D eigenvalue weighted by Gasteiger charge is -2.63. The summed E-state index contributed by atoms with van der Waals surface area (Å²) >= 11 is 0. The number of esters is 1. The van der Waals surface area contributed by atoms with Crippen LogP contribution in [0.5, 0.6) is 17.2 Å². The first-order valence-corrected chi connectivity index (χ1v) is 23.4. The Labute approximate surface area is 392 Å². The standard InChI is InChI=1S/C52H65N3O12/c1-25(2)14-13-19-50(10)20-18-29-40(65-50)28(16-15-26(3)4)42-35(41(29)63-47-39(57)38(56)43-32(62-47)24-61-49(8,9)64-43)37-36-34(31(23-53)45(54)55(37)11)30-22-33-48(6,7)67-51(44(30)58,52(33,36)66-42)21-17-27(5)46(59)60-12/h14-15,17-18,20,30,32-34,38-39,43,47,56-57H,13,16,19,21-22,24,54H2,1-12H3/b27-17-/t30?,32-,33?,34?,38-,39-,43-,47+,50?,51?,52?/m0/s1. The maximum atomic E-state index is 15.6. The van der Waals surface area contributed by atoms with Gasteiger partial charge < -0.3 is 58.7 Å². The summed E-state index contributed by atoms with van der Waals surface area (Å²) in [7, 11) is 3.09. The van der Waals surface area contributed by atoms with Gasteiger partial charge >= 0.3 is 5.97 Å². The third kappa shape index (κ3) is 6.95. The number of fused-ring (bicyclic) bond motifs is 4. The van der Waals surface area contributed by atoms with Crippen LogP contribution >= 0.6 is 0 Å². The summed E-state index contributed by atoms with van der Waals surface area (Å²) < 4.78 is 52.9. The summed E-state index contributed by atoms with van der Waals surface area (Å²) in [6.45, 7) is 19.3. The molecule has 3 saturated carbocycles. The predicted octanol–water partition coefficient (Wildman–Crippen LogP) is 6.46. The van der Waals surface area contributed by atoms with Crippen molar-refractivity contribution in [1.82, 2.24) is 4.90 Å². The molecule has 67 heavy (non-hydrogen) atoms. The molecule has 3 aliphatic carbocycles. The predicted molar refractivity (Wildman–Crippen MR) is 246 cm³/mol. The van der Waals surface area contributed by atoms with Crippen LogP contribution in [0.15, 0.2) is 58.0 Å². The van der Waals surface area contributed by atoms with Crippen molar-refractivity contribution in [1.29, 1.82) is 5.26 Å². The Bertz CT molecular complexity index is 2550. The van der Waals surface area contributed by atoms with E-state index in [0.717, 1.165) is 12.0 Å². The van der Waals surface area contributed by atoms with Gasteiger partial charge in [0.1, 0.15) is 53.1 Å². The van der Waals surface area contributed by atoms with Crippen molar-refractivity contribution in [3.63, 3.8) is 0 Å². The first-order chi connectivity index (χ1) is 31.5. The van der Waals surface area contributed by atoms with Crippen molar-refractivity contribution < 1.29 is 57.7 Å². The van der Waals surface area contributed by atoms with Gasteiger partial charge in [0, 0.05) is 47.9 Å². The number of ether oxygens (including phenoxy) is 8. The molecule has 0 amide bonds. The molecule has 1 aromatic rings. The molecule has 15 heteroatoms. The Hall–Kier alpha value is -4.95. The number of aliphatic hydroxyl groups excluding tert-OH is 2. The van der Waals surface area contributed by atoms with Gasteiger partial charge in [-0.3, -0.25) is 4.79 Å². The topological polar surface area (TPSA) is 201 Å². The SMILES string of the molecule is COC(=O)/C(C)=C\CC12OC(C)(C)C3CC(C1=O)C1C(C#N)=C(N)N(C)C4=C1C32Oc1c(CC=C(C)C)c2c(c(O[C@H]3O[C@H]5COC(C)(C)O[C@@H]5[C@@H](O)[C@@H]3O)c14)C=CC(C)(CCC=C(C)C)O2. The maximum absolute atomic E-state index is 15.6. The van der Waals surface area contributed by atoms with Crippen LogP contribution in [-0.2, 0) is 39.7 Å². The summed E-state index contributed by atoms with van der Waals surface area (Å²) in [6.07, 6.45) is 5.78. The minimum absolute atomic E-state index is 0.0321. The molecule has 11 atom stereocenters. The lowest BCUT2D eigenvalue weighted by atomic mass is 9.44. The number of nitriles is 1. The second kappa shape index (κ2) is 16.1. The number of aliphatic hydroxyl groups is 2. The fourth-order valence-electron chi connectivity index (χ4n) is 12.1. The number of nitrogens with two attached hydrogens (primary N) is 1. The van der Waals surface area contributed by atoms with Crippen molar-refractivity contribution in [3.8, 4) is 23.3 Å². The molecule has 6 heterocycles.